The molecule has 7 nitrogen and oxygen atoms in total. The van der Waals surface area contributed by atoms with Gasteiger partial charge in [-0.15, -0.1) is 0 Å². The van der Waals surface area contributed by atoms with E-state index in [1.54, 1.807) is 12.1 Å². The Hall–Kier alpha value is -2.72. The predicted molar refractivity (Wildman–Crippen MR) is 72.3 cm³/mol. The number of benzene rings is 1. The van der Waals surface area contributed by atoms with Crippen molar-refractivity contribution in [1.82, 2.24) is 4.98 Å². The topological polar surface area (TPSA) is 109 Å². The van der Waals surface area contributed by atoms with Crippen LogP contribution in [0.4, 0.5) is 11.4 Å². The lowest BCUT2D eigenvalue weighted by atomic mass is 10.1. The summed E-state index contributed by atoms with van der Waals surface area (Å²) in [6.45, 7) is 0. The Morgan fingerprint density at radius 2 is 2.30 bits per heavy atom. The highest BCUT2D eigenvalue weighted by atomic mass is 35.5. The molecule has 20 heavy (non-hydrogen) atoms. The maximum atomic E-state index is 11.5. The van der Waals surface area contributed by atoms with Crippen LogP contribution in [0, 0.1) is 21.4 Å². The van der Waals surface area contributed by atoms with Crippen LogP contribution in [0.25, 0.3) is 10.8 Å². The van der Waals surface area contributed by atoms with Gasteiger partial charge in [-0.05, 0) is 6.07 Å². The Bertz CT molecular complexity index is 754. The fraction of sp³-hybridized carbons (Fsp3) is 0.0833. The number of nitro groups is 1. The number of anilines is 1. The van der Waals surface area contributed by atoms with Crippen LogP contribution in [0.15, 0.2) is 24.5 Å². The maximum absolute atomic E-state index is 11.5. The average molecular weight is 291 g/mol. The zero-order chi connectivity index (χ0) is 14.7. The van der Waals surface area contributed by atoms with Gasteiger partial charge in [0.15, 0.2) is 0 Å². The summed E-state index contributed by atoms with van der Waals surface area (Å²) in [6, 6.07) is 4.42. The third-order valence-corrected chi connectivity index (χ3v) is 2.88. The molecule has 2 aromatic rings. The van der Waals surface area contributed by atoms with E-state index >= 15 is 0 Å². The summed E-state index contributed by atoms with van der Waals surface area (Å²) < 4.78 is 0. The summed E-state index contributed by atoms with van der Waals surface area (Å²) in [5.41, 5.74) is -0.357. The number of rotatable bonds is 3. The zero-order valence-corrected chi connectivity index (χ0v) is 10.7. The number of hydrogen-bond donors (Lipinski definition) is 1. The molecule has 1 heterocycles. The molecule has 0 atom stereocenters. The molecule has 0 saturated carbocycles. The molecule has 0 bridgehead atoms. The standard InChI is InChI=1S/C12H7ClN4O3/c13-9-5-10(17(19)20)12(16-11(18)1-3-14)8-6-15-4-2-7(8)9/h2,4-6H,1H2,(H,16,18). The molecule has 0 radical (unpaired) electrons. The number of hydrogen-bond acceptors (Lipinski definition) is 5. The van der Waals surface area contributed by atoms with Gasteiger partial charge in [-0.1, -0.05) is 11.6 Å². The van der Waals surface area contributed by atoms with Crippen LogP contribution in [0.5, 0.6) is 0 Å². The Labute approximate surface area is 117 Å². The van der Waals surface area contributed by atoms with Crippen molar-refractivity contribution in [3.8, 4) is 6.07 Å². The highest BCUT2D eigenvalue weighted by Crippen LogP contribution is 2.37. The van der Waals surface area contributed by atoms with Crippen molar-refractivity contribution in [2.24, 2.45) is 0 Å². The summed E-state index contributed by atoms with van der Waals surface area (Å²) >= 11 is 5.98. The first kappa shape index (κ1) is 13.7. The van der Waals surface area contributed by atoms with Gasteiger partial charge in [-0.3, -0.25) is 19.9 Å². The minimum absolute atomic E-state index is 0.0113. The molecule has 1 aromatic heterocycles. The van der Waals surface area contributed by atoms with Gasteiger partial charge >= 0.3 is 0 Å². The molecule has 1 N–H and O–H groups in total. The molecular formula is C12H7ClN4O3. The van der Waals surface area contributed by atoms with Gasteiger partial charge < -0.3 is 5.32 Å². The van der Waals surface area contributed by atoms with Gasteiger partial charge in [-0.25, -0.2) is 0 Å². The fourth-order valence-corrected chi connectivity index (χ4v) is 2.01. The molecule has 0 aliphatic heterocycles. The minimum Gasteiger partial charge on any atom is -0.319 e. The van der Waals surface area contributed by atoms with Crippen molar-refractivity contribution in [2.75, 3.05) is 5.32 Å². The van der Waals surface area contributed by atoms with Gasteiger partial charge in [0, 0.05) is 29.2 Å². The molecule has 2 rings (SSSR count). The number of carbonyl (C=O) groups excluding carboxylic acids is 1. The summed E-state index contributed by atoms with van der Waals surface area (Å²) in [5, 5.41) is 23.0. The number of amides is 1. The quantitative estimate of drug-likeness (QED) is 0.690. The van der Waals surface area contributed by atoms with E-state index in [1.165, 1.54) is 12.4 Å². The van der Waals surface area contributed by atoms with Crippen molar-refractivity contribution >= 4 is 39.7 Å². The molecule has 0 fully saturated rings. The minimum atomic E-state index is -0.652. The number of pyridine rings is 1. The number of fused-ring (bicyclic) bond motifs is 1. The fourth-order valence-electron chi connectivity index (χ4n) is 1.74. The van der Waals surface area contributed by atoms with Crippen LogP contribution in [0.1, 0.15) is 6.42 Å². The molecule has 0 spiro atoms. The van der Waals surface area contributed by atoms with Crippen molar-refractivity contribution < 1.29 is 9.72 Å². The normalized spacial score (nSPS) is 10.0. The van der Waals surface area contributed by atoms with Gasteiger partial charge in [0.1, 0.15) is 12.1 Å². The molecule has 100 valence electrons. The lowest BCUT2D eigenvalue weighted by Crippen LogP contribution is -2.12. The number of carbonyl (C=O) groups is 1. The van der Waals surface area contributed by atoms with Crippen LogP contribution >= 0.6 is 11.6 Å². The van der Waals surface area contributed by atoms with E-state index in [4.69, 9.17) is 16.9 Å². The number of nitriles is 1. The maximum Gasteiger partial charge on any atom is 0.294 e. The second-order valence-corrected chi connectivity index (χ2v) is 4.22. The van der Waals surface area contributed by atoms with Crippen LogP contribution < -0.4 is 5.32 Å². The largest absolute Gasteiger partial charge is 0.319 e. The molecule has 0 saturated heterocycles. The van der Waals surface area contributed by atoms with Crippen molar-refractivity contribution in [1.29, 1.82) is 5.26 Å². The van der Waals surface area contributed by atoms with Crippen LogP contribution in [-0.4, -0.2) is 15.8 Å². The van der Waals surface area contributed by atoms with Gasteiger partial charge in [0.25, 0.3) is 5.69 Å². The second-order valence-electron chi connectivity index (χ2n) is 3.81. The van der Waals surface area contributed by atoms with E-state index in [9.17, 15) is 14.9 Å². The number of nitro benzene ring substituents is 1. The predicted octanol–water partition coefficient (Wildman–Crippen LogP) is 2.65. The number of nitrogens with one attached hydrogen (secondary N) is 1. The first-order valence-electron chi connectivity index (χ1n) is 5.42. The zero-order valence-electron chi connectivity index (χ0n) is 9.96. The van der Waals surface area contributed by atoms with Gasteiger partial charge in [-0.2, -0.15) is 5.26 Å². The summed E-state index contributed by atoms with van der Waals surface area (Å²) in [5.74, 6) is -0.636. The monoisotopic (exact) mass is 290 g/mol. The SMILES string of the molecule is N#CCC(=O)Nc1c([N+](=O)[O-])cc(Cl)c2ccncc12. The Morgan fingerprint density at radius 3 is 2.95 bits per heavy atom. The van der Waals surface area contributed by atoms with Crippen molar-refractivity contribution in [3.05, 3.63) is 39.7 Å². The van der Waals surface area contributed by atoms with Crippen LogP contribution in [0.2, 0.25) is 5.02 Å². The summed E-state index contributed by atoms with van der Waals surface area (Å²) in [6.07, 6.45) is 2.46. The number of aromatic nitrogens is 1. The number of halogens is 1. The Morgan fingerprint density at radius 1 is 1.55 bits per heavy atom. The van der Waals surface area contributed by atoms with Crippen LogP contribution in [-0.2, 0) is 4.79 Å². The first-order valence-corrected chi connectivity index (χ1v) is 5.79. The van der Waals surface area contributed by atoms with E-state index in [1.807, 2.05) is 0 Å². The van der Waals surface area contributed by atoms with E-state index in [0.717, 1.165) is 6.07 Å². The third kappa shape index (κ3) is 2.50. The van der Waals surface area contributed by atoms with Gasteiger partial charge in [0.05, 0.1) is 16.0 Å². The molecule has 0 aliphatic rings. The molecule has 8 heteroatoms. The molecule has 1 amide bonds. The van der Waals surface area contributed by atoms with E-state index in [2.05, 4.69) is 10.3 Å². The lowest BCUT2D eigenvalue weighted by Gasteiger charge is -2.09. The summed E-state index contributed by atoms with van der Waals surface area (Å²) in [4.78, 5) is 25.8. The highest BCUT2D eigenvalue weighted by molar-refractivity contribution is 6.36. The van der Waals surface area contributed by atoms with Crippen molar-refractivity contribution in [2.45, 2.75) is 6.42 Å². The smallest absolute Gasteiger partial charge is 0.294 e. The van der Waals surface area contributed by atoms with E-state index < -0.39 is 17.3 Å². The number of nitrogens with zero attached hydrogens (tertiary/aromatic N) is 3. The Kier molecular flexibility index (Phi) is 3.77. The van der Waals surface area contributed by atoms with Crippen molar-refractivity contribution in [3.63, 3.8) is 0 Å². The average Bonchev–Trinajstić information content (AvgIpc) is 2.42. The summed E-state index contributed by atoms with van der Waals surface area (Å²) in [7, 11) is 0. The van der Waals surface area contributed by atoms with Gasteiger partial charge in [0.2, 0.25) is 5.91 Å². The highest BCUT2D eigenvalue weighted by Gasteiger charge is 2.21. The molecule has 0 unspecified atom stereocenters. The Balaban J connectivity index is 2.68. The van der Waals surface area contributed by atoms with Crippen LogP contribution in [0.3, 0.4) is 0 Å². The van der Waals surface area contributed by atoms with E-state index in [0.29, 0.717) is 10.8 Å². The molecule has 0 aliphatic carbocycles. The van der Waals surface area contributed by atoms with E-state index in [-0.39, 0.29) is 16.4 Å². The second kappa shape index (κ2) is 5.50. The first-order chi connectivity index (χ1) is 9.54. The lowest BCUT2D eigenvalue weighted by molar-refractivity contribution is -0.383. The molecular weight excluding hydrogens is 284 g/mol. The molecule has 1 aromatic carbocycles. The third-order valence-electron chi connectivity index (χ3n) is 2.57.